The Morgan fingerprint density at radius 1 is 1.00 bits per heavy atom. The first-order valence-corrected chi connectivity index (χ1v) is 5.52. The maximum absolute atomic E-state index is 12.5. The zero-order chi connectivity index (χ0) is 14.6. The van der Waals surface area contributed by atoms with Crippen molar-refractivity contribution in [1.82, 2.24) is 20.0 Å². The molecule has 2 aliphatic heterocycles. The SMILES string of the molecule is CO[C@]12NC(=O)N(C)C(=O)[C@@]1(OC)N(C)C(=O)N2C. The van der Waals surface area contributed by atoms with Gasteiger partial charge < -0.3 is 9.47 Å². The molecule has 2 fully saturated rings. The van der Waals surface area contributed by atoms with Crippen LogP contribution >= 0.6 is 0 Å². The topological polar surface area (TPSA) is 91.4 Å². The third-order valence-corrected chi connectivity index (χ3v) is 3.74. The molecule has 2 heterocycles. The number of imide groups is 1. The predicted molar refractivity (Wildman–Crippen MR) is 61.7 cm³/mol. The number of hydrogen-bond acceptors (Lipinski definition) is 5. The predicted octanol–water partition coefficient (Wildman–Crippen LogP) is -1.19. The molecule has 0 unspecified atom stereocenters. The first-order chi connectivity index (χ1) is 8.80. The Balaban J connectivity index is 2.71. The van der Waals surface area contributed by atoms with Gasteiger partial charge in [-0.2, -0.15) is 0 Å². The molecule has 5 amide bonds. The van der Waals surface area contributed by atoms with Crippen LogP contribution in [-0.4, -0.2) is 79.6 Å². The molecule has 0 aromatic heterocycles. The number of methoxy groups -OCH3 is 2. The highest BCUT2D eigenvalue weighted by molar-refractivity contribution is 6.06. The van der Waals surface area contributed by atoms with Gasteiger partial charge in [0.05, 0.1) is 0 Å². The Bertz CT molecular complexity index is 469. The number of fused-ring (bicyclic) bond motifs is 1. The van der Waals surface area contributed by atoms with Crippen molar-refractivity contribution in [3.8, 4) is 0 Å². The van der Waals surface area contributed by atoms with E-state index in [9.17, 15) is 14.4 Å². The van der Waals surface area contributed by atoms with Gasteiger partial charge in [-0.05, 0) is 0 Å². The molecular formula is C10H16N4O5. The lowest BCUT2D eigenvalue weighted by Gasteiger charge is -2.49. The summed E-state index contributed by atoms with van der Waals surface area (Å²) in [4.78, 5) is 39.5. The molecule has 0 aromatic rings. The molecule has 2 atom stereocenters. The Morgan fingerprint density at radius 3 is 2.05 bits per heavy atom. The van der Waals surface area contributed by atoms with E-state index in [-0.39, 0.29) is 0 Å². The van der Waals surface area contributed by atoms with Crippen molar-refractivity contribution in [3.05, 3.63) is 0 Å². The largest absolute Gasteiger partial charge is 0.345 e. The first kappa shape index (κ1) is 13.6. The van der Waals surface area contributed by atoms with Gasteiger partial charge in [0.25, 0.3) is 17.5 Å². The molecular weight excluding hydrogens is 256 g/mol. The monoisotopic (exact) mass is 272 g/mol. The summed E-state index contributed by atoms with van der Waals surface area (Å²) in [6, 6.07) is -1.18. The van der Waals surface area contributed by atoms with Gasteiger partial charge in [-0.1, -0.05) is 0 Å². The van der Waals surface area contributed by atoms with Gasteiger partial charge in [-0.15, -0.1) is 0 Å². The van der Waals surface area contributed by atoms with E-state index in [1.807, 2.05) is 0 Å². The zero-order valence-electron chi connectivity index (χ0n) is 11.4. The summed E-state index contributed by atoms with van der Waals surface area (Å²) in [5.41, 5.74) is -1.77. The van der Waals surface area contributed by atoms with Gasteiger partial charge in [-0.25, -0.2) is 9.59 Å². The number of nitrogens with zero attached hydrogens (tertiary/aromatic N) is 3. The van der Waals surface area contributed by atoms with Crippen molar-refractivity contribution in [1.29, 1.82) is 0 Å². The number of carbonyl (C=O) groups is 3. The molecule has 19 heavy (non-hydrogen) atoms. The highest BCUT2D eigenvalue weighted by Crippen LogP contribution is 2.42. The quantitative estimate of drug-likeness (QED) is 0.682. The van der Waals surface area contributed by atoms with Crippen LogP contribution in [0.1, 0.15) is 0 Å². The Labute approximate surface area is 110 Å². The number of likely N-dealkylation sites (N-methyl/N-ethyl adjacent to an activating group) is 3. The lowest BCUT2D eigenvalue weighted by Crippen LogP contribution is -2.81. The number of carbonyl (C=O) groups excluding carboxylic acids is 3. The summed E-state index contributed by atoms with van der Waals surface area (Å²) in [7, 11) is 6.69. The summed E-state index contributed by atoms with van der Waals surface area (Å²) in [5.74, 6) is -2.38. The van der Waals surface area contributed by atoms with E-state index < -0.39 is 29.5 Å². The molecule has 2 aliphatic rings. The standard InChI is InChI=1S/C10H16N4O5/c1-12-6(15)9(18-4)10(19-5,11-7(12)16)14(3)8(17)13(9)2/h1-5H3,(H,11,16)/t9-,10-/m0/s1. The lowest BCUT2D eigenvalue weighted by molar-refractivity contribution is -0.260. The highest BCUT2D eigenvalue weighted by Gasteiger charge is 2.76. The number of amides is 5. The van der Waals surface area contributed by atoms with E-state index in [1.54, 1.807) is 0 Å². The number of ether oxygens (including phenoxy) is 2. The minimum atomic E-state index is -1.77. The van der Waals surface area contributed by atoms with Gasteiger partial charge in [0.1, 0.15) is 0 Å². The number of rotatable bonds is 2. The maximum atomic E-state index is 12.5. The number of nitrogens with one attached hydrogen (secondary N) is 1. The fourth-order valence-corrected chi connectivity index (χ4v) is 2.64. The van der Waals surface area contributed by atoms with E-state index in [2.05, 4.69) is 5.32 Å². The van der Waals surface area contributed by atoms with Crippen molar-refractivity contribution < 1.29 is 23.9 Å². The van der Waals surface area contributed by atoms with Crippen LogP contribution < -0.4 is 5.32 Å². The molecule has 0 radical (unpaired) electrons. The van der Waals surface area contributed by atoms with Crippen molar-refractivity contribution in [3.63, 3.8) is 0 Å². The van der Waals surface area contributed by atoms with Crippen molar-refractivity contribution >= 4 is 18.0 Å². The van der Waals surface area contributed by atoms with Gasteiger partial charge in [0, 0.05) is 35.4 Å². The van der Waals surface area contributed by atoms with Crippen LogP contribution in [0.15, 0.2) is 0 Å². The summed E-state index contributed by atoms with van der Waals surface area (Å²) in [6.07, 6.45) is 0. The van der Waals surface area contributed by atoms with E-state index in [0.29, 0.717) is 0 Å². The molecule has 9 nitrogen and oxygen atoms in total. The van der Waals surface area contributed by atoms with Crippen molar-refractivity contribution in [2.75, 3.05) is 35.4 Å². The first-order valence-electron chi connectivity index (χ1n) is 5.52. The minimum Gasteiger partial charge on any atom is -0.345 e. The summed E-state index contributed by atoms with van der Waals surface area (Å²) >= 11 is 0. The van der Waals surface area contributed by atoms with Gasteiger partial charge in [0.2, 0.25) is 0 Å². The molecule has 2 saturated heterocycles. The average Bonchev–Trinajstić information content (AvgIpc) is 2.57. The van der Waals surface area contributed by atoms with Crippen LogP contribution in [0.4, 0.5) is 9.59 Å². The molecule has 0 bridgehead atoms. The second kappa shape index (κ2) is 3.81. The Hall–Kier alpha value is -1.87. The smallest absolute Gasteiger partial charge is 0.327 e. The molecule has 0 spiro atoms. The van der Waals surface area contributed by atoms with Gasteiger partial charge >= 0.3 is 12.1 Å². The van der Waals surface area contributed by atoms with Crippen LogP contribution in [0, 0.1) is 0 Å². The molecule has 1 N–H and O–H groups in total. The van der Waals surface area contributed by atoms with Crippen LogP contribution in [0.25, 0.3) is 0 Å². The van der Waals surface area contributed by atoms with Gasteiger partial charge in [0.15, 0.2) is 0 Å². The Morgan fingerprint density at radius 2 is 1.58 bits per heavy atom. The van der Waals surface area contributed by atoms with Gasteiger partial charge in [-0.3, -0.25) is 24.8 Å². The molecule has 2 rings (SSSR count). The molecule has 0 aliphatic carbocycles. The lowest BCUT2D eigenvalue weighted by atomic mass is 10.0. The third kappa shape index (κ3) is 1.19. The zero-order valence-corrected chi connectivity index (χ0v) is 11.4. The molecule has 0 aromatic carbocycles. The number of urea groups is 2. The average molecular weight is 272 g/mol. The van der Waals surface area contributed by atoms with Crippen LogP contribution in [0.2, 0.25) is 0 Å². The van der Waals surface area contributed by atoms with Crippen molar-refractivity contribution in [2.45, 2.75) is 11.6 Å². The van der Waals surface area contributed by atoms with E-state index >= 15 is 0 Å². The fourth-order valence-electron chi connectivity index (χ4n) is 2.64. The third-order valence-electron chi connectivity index (χ3n) is 3.74. The second-order valence-corrected chi connectivity index (χ2v) is 4.39. The van der Waals surface area contributed by atoms with E-state index in [1.165, 1.54) is 35.4 Å². The second-order valence-electron chi connectivity index (χ2n) is 4.39. The van der Waals surface area contributed by atoms with Crippen molar-refractivity contribution in [2.24, 2.45) is 0 Å². The number of hydrogen-bond donors (Lipinski definition) is 1. The molecule has 0 saturated carbocycles. The van der Waals surface area contributed by atoms with Crippen LogP contribution in [0.5, 0.6) is 0 Å². The molecule has 106 valence electrons. The highest BCUT2D eigenvalue weighted by atomic mass is 16.6. The summed E-state index contributed by atoms with van der Waals surface area (Å²) < 4.78 is 10.6. The normalized spacial score (nSPS) is 34.8. The molecule has 9 heteroatoms. The van der Waals surface area contributed by atoms with Crippen LogP contribution in [0.3, 0.4) is 0 Å². The maximum Gasteiger partial charge on any atom is 0.327 e. The van der Waals surface area contributed by atoms with E-state index in [4.69, 9.17) is 9.47 Å². The van der Waals surface area contributed by atoms with E-state index in [0.717, 1.165) is 14.7 Å². The van der Waals surface area contributed by atoms with Crippen LogP contribution in [-0.2, 0) is 14.3 Å². The summed E-state index contributed by atoms with van der Waals surface area (Å²) in [5, 5.41) is 2.51. The minimum absolute atomic E-state index is 0.507. The fraction of sp³-hybridized carbons (Fsp3) is 0.700. The Kier molecular flexibility index (Phi) is 2.72. The summed E-state index contributed by atoms with van der Waals surface area (Å²) in [6.45, 7) is 0.